The highest BCUT2D eigenvalue weighted by Crippen LogP contribution is 2.25. The summed E-state index contributed by atoms with van der Waals surface area (Å²) >= 11 is 1.56. The van der Waals surface area contributed by atoms with E-state index in [9.17, 15) is 0 Å². The lowest BCUT2D eigenvalue weighted by atomic mass is 10.1. The Balaban J connectivity index is 2.34. The number of hydrogen-bond donors (Lipinski definition) is 2. The lowest BCUT2D eigenvalue weighted by molar-refractivity contribution is 0.640. The molecule has 0 saturated carbocycles. The van der Waals surface area contributed by atoms with Gasteiger partial charge in [-0.2, -0.15) is 0 Å². The van der Waals surface area contributed by atoms with Crippen LogP contribution in [0.2, 0.25) is 0 Å². The summed E-state index contributed by atoms with van der Waals surface area (Å²) in [5.41, 5.74) is 6.71. The Morgan fingerprint density at radius 3 is 3.50 bits per heavy atom. The van der Waals surface area contributed by atoms with Crippen molar-refractivity contribution in [2.24, 2.45) is 0 Å². The topological polar surface area (TPSA) is 40.7 Å². The van der Waals surface area contributed by atoms with Gasteiger partial charge in [0, 0.05) is 30.8 Å². The average Bonchev–Trinajstić information content (AvgIpc) is 2.62. The van der Waals surface area contributed by atoms with Crippen molar-refractivity contribution < 1.29 is 0 Å². The van der Waals surface area contributed by atoms with Gasteiger partial charge in [-0.3, -0.25) is 0 Å². The van der Waals surface area contributed by atoms with E-state index in [4.69, 9.17) is 0 Å². The SMILES string of the molecule is [c]1nc2c3c([nH]c2s1)CCNC3. The third kappa shape index (κ3) is 0.763. The van der Waals surface area contributed by atoms with Crippen molar-refractivity contribution in [2.75, 3.05) is 6.54 Å². The first-order valence-electron chi connectivity index (χ1n) is 4.02. The van der Waals surface area contributed by atoms with Crippen molar-refractivity contribution >= 4 is 21.7 Å². The number of thiazole rings is 1. The third-order valence-electron chi connectivity index (χ3n) is 2.29. The van der Waals surface area contributed by atoms with Crippen LogP contribution in [0.4, 0.5) is 0 Å². The van der Waals surface area contributed by atoms with E-state index in [1.807, 2.05) is 0 Å². The molecule has 3 heterocycles. The van der Waals surface area contributed by atoms with E-state index in [0.717, 1.165) is 25.0 Å². The van der Waals surface area contributed by atoms with Gasteiger partial charge in [0.25, 0.3) is 0 Å². The monoisotopic (exact) mass is 178 g/mol. The highest BCUT2D eigenvalue weighted by Gasteiger charge is 2.16. The summed E-state index contributed by atoms with van der Waals surface area (Å²) in [6, 6.07) is 0. The maximum Gasteiger partial charge on any atom is 0.154 e. The zero-order valence-corrected chi connectivity index (χ0v) is 7.29. The van der Waals surface area contributed by atoms with Crippen LogP contribution in [0.3, 0.4) is 0 Å². The number of nitrogens with zero attached hydrogens (tertiary/aromatic N) is 1. The van der Waals surface area contributed by atoms with Crippen LogP contribution in [-0.4, -0.2) is 16.5 Å². The van der Waals surface area contributed by atoms with E-state index >= 15 is 0 Å². The van der Waals surface area contributed by atoms with Crippen LogP contribution in [0.1, 0.15) is 11.3 Å². The maximum absolute atomic E-state index is 4.21. The quantitative estimate of drug-likeness (QED) is 0.633. The molecule has 61 valence electrons. The minimum Gasteiger partial charge on any atom is -0.348 e. The molecule has 0 unspecified atom stereocenters. The molecule has 1 aliphatic rings. The second-order valence-corrected chi connectivity index (χ2v) is 3.79. The minimum atomic E-state index is 0.951. The zero-order chi connectivity index (χ0) is 7.97. The summed E-state index contributed by atoms with van der Waals surface area (Å²) < 4.78 is 0. The summed E-state index contributed by atoms with van der Waals surface area (Å²) in [4.78, 5) is 8.77. The molecule has 4 heteroatoms. The molecule has 0 bridgehead atoms. The standard InChI is InChI=1S/C8H8N3S/c1-2-9-3-5-6(1)11-8-7(5)10-4-12-8/h9,11H,1-3H2. The highest BCUT2D eigenvalue weighted by molar-refractivity contribution is 7.15. The van der Waals surface area contributed by atoms with E-state index in [1.165, 1.54) is 16.1 Å². The van der Waals surface area contributed by atoms with Gasteiger partial charge in [-0.15, -0.1) is 0 Å². The van der Waals surface area contributed by atoms with Gasteiger partial charge in [0.2, 0.25) is 0 Å². The molecule has 1 radical (unpaired) electrons. The van der Waals surface area contributed by atoms with Crippen LogP contribution in [0.5, 0.6) is 0 Å². The van der Waals surface area contributed by atoms with Crippen LogP contribution >= 0.6 is 11.3 Å². The summed E-state index contributed by atoms with van der Waals surface area (Å²) in [6.45, 7) is 2.03. The van der Waals surface area contributed by atoms with Crippen LogP contribution in [-0.2, 0) is 13.0 Å². The van der Waals surface area contributed by atoms with Gasteiger partial charge >= 0.3 is 0 Å². The normalized spacial score (nSPS) is 16.7. The van der Waals surface area contributed by atoms with E-state index in [-0.39, 0.29) is 0 Å². The minimum absolute atomic E-state index is 0.951. The van der Waals surface area contributed by atoms with Gasteiger partial charge in [0.05, 0.1) is 0 Å². The Bertz CT molecular complexity index is 415. The van der Waals surface area contributed by atoms with Crippen molar-refractivity contribution in [1.82, 2.24) is 15.3 Å². The first-order chi connectivity index (χ1) is 5.95. The fraction of sp³-hybridized carbons (Fsp3) is 0.375. The first-order valence-corrected chi connectivity index (χ1v) is 4.84. The molecule has 3 rings (SSSR count). The second-order valence-electron chi connectivity index (χ2n) is 2.99. The van der Waals surface area contributed by atoms with Gasteiger partial charge in [-0.25, -0.2) is 4.98 Å². The van der Waals surface area contributed by atoms with Gasteiger partial charge in [0.1, 0.15) is 10.3 Å². The summed E-state index contributed by atoms with van der Waals surface area (Å²) in [6.07, 6.45) is 1.10. The third-order valence-corrected chi connectivity index (χ3v) is 2.97. The molecule has 0 amide bonds. The summed E-state index contributed by atoms with van der Waals surface area (Å²) in [7, 11) is 0. The van der Waals surface area contributed by atoms with E-state index in [2.05, 4.69) is 20.8 Å². The van der Waals surface area contributed by atoms with Gasteiger partial charge in [-0.05, 0) is 0 Å². The number of hydrogen-bond acceptors (Lipinski definition) is 3. The van der Waals surface area contributed by atoms with Crippen LogP contribution in [0, 0.1) is 5.51 Å². The van der Waals surface area contributed by atoms with Crippen molar-refractivity contribution in [3.63, 3.8) is 0 Å². The maximum atomic E-state index is 4.21. The van der Waals surface area contributed by atoms with E-state index in [0.29, 0.717) is 0 Å². The predicted octanol–water partition coefficient (Wildman–Crippen LogP) is 1.07. The van der Waals surface area contributed by atoms with Gasteiger partial charge in [0.15, 0.2) is 5.51 Å². The second kappa shape index (κ2) is 2.31. The highest BCUT2D eigenvalue weighted by atomic mass is 32.1. The lowest BCUT2D eigenvalue weighted by Crippen LogP contribution is -2.23. The predicted molar refractivity (Wildman–Crippen MR) is 48.2 cm³/mol. The van der Waals surface area contributed by atoms with Crippen molar-refractivity contribution in [3.05, 3.63) is 16.8 Å². The van der Waals surface area contributed by atoms with E-state index < -0.39 is 0 Å². The number of aromatic nitrogens is 2. The number of aromatic amines is 1. The molecule has 0 aromatic carbocycles. The molecule has 0 spiro atoms. The Kier molecular flexibility index (Phi) is 1.27. The van der Waals surface area contributed by atoms with Crippen LogP contribution < -0.4 is 5.32 Å². The number of H-pyrrole nitrogens is 1. The van der Waals surface area contributed by atoms with Crippen LogP contribution in [0.15, 0.2) is 0 Å². The first kappa shape index (κ1) is 6.62. The number of nitrogens with one attached hydrogen (secondary N) is 2. The van der Waals surface area contributed by atoms with Crippen molar-refractivity contribution in [1.29, 1.82) is 0 Å². The molecule has 0 saturated heterocycles. The molecule has 1 aliphatic heterocycles. The number of fused-ring (bicyclic) bond motifs is 3. The fourth-order valence-corrected chi connectivity index (χ4v) is 2.36. The van der Waals surface area contributed by atoms with Crippen molar-refractivity contribution in [2.45, 2.75) is 13.0 Å². The molecular weight excluding hydrogens is 170 g/mol. The Morgan fingerprint density at radius 1 is 1.50 bits per heavy atom. The number of rotatable bonds is 0. The molecule has 2 aromatic rings. The molecular formula is C8H8N3S. The molecule has 3 nitrogen and oxygen atoms in total. The molecule has 2 N–H and O–H groups in total. The molecule has 2 aromatic heterocycles. The molecule has 0 aliphatic carbocycles. The Labute approximate surface area is 73.8 Å². The lowest BCUT2D eigenvalue weighted by Gasteiger charge is -2.11. The fourth-order valence-electron chi connectivity index (χ4n) is 1.69. The molecule has 0 atom stereocenters. The zero-order valence-electron chi connectivity index (χ0n) is 6.48. The largest absolute Gasteiger partial charge is 0.348 e. The van der Waals surface area contributed by atoms with E-state index in [1.54, 1.807) is 11.3 Å². The summed E-state index contributed by atoms with van der Waals surface area (Å²) in [5.74, 6) is 0. The van der Waals surface area contributed by atoms with Crippen molar-refractivity contribution in [3.8, 4) is 0 Å². The summed E-state index contributed by atoms with van der Waals surface area (Å²) in [5, 5.41) is 3.34. The Morgan fingerprint density at radius 2 is 2.50 bits per heavy atom. The molecule has 0 fully saturated rings. The van der Waals surface area contributed by atoms with Crippen LogP contribution in [0.25, 0.3) is 10.3 Å². The Hall–Kier alpha value is -0.870. The smallest absolute Gasteiger partial charge is 0.154 e. The van der Waals surface area contributed by atoms with Gasteiger partial charge in [-0.1, -0.05) is 11.3 Å². The van der Waals surface area contributed by atoms with Gasteiger partial charge < -0.3 is 10.3 Å². The average molecular weight is 178 g/mol. The molecule has 12 heavy (non-hydrogen) atoms.